The molecular weight excluding hydrogens is 256 g/mol. The van der Waals surface area contributed by atoms with Crippen molar-refractivity contribution in [2.45, 2.75) is 79.1 Å². The largest absolute Gasteiger partial charge is 0.242 e. The van der Waals surface area contributed by atoms with Gasteiger partial charge in [-0.3, -0.25) is 0 Å². The van der Waals surface area contributed by atoms with Gasteiger partial charge in [0.1, 0.15) is 0 Å². The van der Waals surface area contributed by atoms with Gasteiger partial charge in [-0.25, -0.2) is 10.8 Å². The van der Waals surface area contributed by atoms with E-state index >= 15 is 0 Å². The van der Waals surface area contributed by atoms with Crippen molar-refractivity contribution < 1.29 is 0 Å². The molecule has 0 radical (unpaired) electrons. The van der Waals surface area contributed by atoms with Crippen LogP contribution in [0, 0.1) is 10.8 Å². The molecule has 2 heteroatoms. The number of benzene rings is 1. The monoisotopic (exact) mass is 288 g/mol. The van der Waals surface area contributed by atoms with Crippen LogP contribution >= 0.6 is 0 Å². The lowest BCUT2D eigenvalue weighted by Crippen LogP contribution is -2.09. The minimum Gasteiger partial charge on any atom is -0.242 e. The van der Waals surface area contributed by atoms with E-state index in [9.17, 15) is 0 Å². The minimum atomic E-state index is 0.610. The lowest BCUT2D eigenvalue weighted by Gasteiger charge is -2.27. The summed E-state index contributed by atoms with van der Waals surface area (Å²) in [6.45, 7) is 18.5. The molecular formula is C19H32N2. The highest BCUT2D eigenvalue weighted by atomic mass is 14.4. The first-order valence-electron chi connectivity index (χ1n) is 7.93. The molecule has 0 fully saturated rings. The summed E-state index contributed by atoms with van der Waals surface area (Å²) in [4.78, 5) is 0. The Morgan fingerprint density at radius 3 is 1.00 bits per heavy atom. The van der Waals surface area contributed by atoms with E-state index in [4.69, 9.17) is 10.8 Å². The number of hydrogen-bond donors (Lipinski definition) is 2. The van der Waals surface area contributed by atoms with Gasteiger partial charge in [0.05, 0.1) is 6.01 Å². The average Bonchev–Trinajstić information content (AvgIpc) is 2.37. The van der Waals surface area contributed by atoms with Crippen LogP contribution < -0.4 is 0 Å². The molecule has 1 aromatic rings. The van der Waals surface area contributed by atoms with Crippen LogP contribution in [0.5, 0.6) is 0 Å². The standard InChI is InChI=1S/C18H30.CH2N2/c1-11(2)15-9-10-16(12(3)4)18(14(7)8)17(15)13(5)6;2-1-3/h9-14H,1-8H3;2-3H. The summed E-state index contributed by atoms with van der Waals surface area (Å²) in [7, 11) is 0. The molecule has 0 heterocycles. The molecule has 0 saturated carbocycles. The van der Waals surface area contributed by atoms with E-state index in [1.807, 2.05) is 0 Å². The zero-order chi connectivity index (χ0) is 16.7. The fourth-order valence-corrected chi connectivity index (χ4v) is 2.97. The van der Waals surface area contributed by atoms with E-state index in [0.717, 1.165) is 0 Å². The summed E-state index contributed by atoms with van der Waals surface area (Å²) >= 11 is 0. The van der Waals surface area contributed by atoms with Crippen LogP contribution in [0.2, 0.25) is 0 Å². The Bertz CT molecular complexity index is 438. The average molecular weight is 288 g/mol. The molecule has 0 aromatic heterocycles. The van der Waals surface area contributed by atoms with Crippen molar-refractivity contribution in [3.05, 3.63) is 34.4 Å². The summed E-state index contributed by atoms with van der Waals surface area (Å²) in [6, 6.07) is 5.97. The Morgan fingerprint density at radius 2 is 0.857 bits per heavy atom. The number of nitrogens with one attached hydrogen (secondary N) is 2. The van der Waals surface area contributed by atoms with E-state index in [-0.39, 0.29) is 0 Å². The first-order valence-corrected chi connectivity index (χ1v) is 7.93. The SMILES string of the molecule is CC(C)c1ccc(C(C)C)c(C(C)C)c1C(C)C.N=C=N. The Balaban J connectivity index is 0.00000122. The van der Waals surface area contributed by atoms with Crippen LogP contribution in [0.4, 0.5) is 0 Å². The van der Waals surface area contributed by atoms with Crippen molar-refractivity contribution in [2.75, 3.05) is 0 Å². The second kappa shape index (κ2) is 8.79. The fraction of sp³-hybridized carbons (Fsp3) is 0.632. The van der Waals surface area contributed by atoms with E-state index in [2.05, 4.69) is 67.5 Å². The predicted octanol–water partition coefficient (Wildman–Crippen LogP) is 6.50. The molecule has 0 saturated heterocycles. The van der Waals surface area contributed by atoms with Gasteiger partial charge in [-0.05, 0) is 45.9 Å². The van der Waals surface area contributed by atoms with Gasteiger partial charge in [-0.15, -0.1) is 0 Å². The smallest absolute Gasteiger partial charge is 0.0831 e. The van der Waals surface area contributed by atoms with Crippen molar-refractivity contribution in [1.29, 1.82) is 10.8 Å². The van der Waals surface area contributed by atoms with Gasteiger partial charge in [-0.1, -0.05) is 67.5 Å². The lowest BCUT2D eigenvalue weighted by molar-refractivity contribution is 0.721. The molecule has 0 aliphatic carbocycles. The molecule has 1 aromatic carbocycles. The van der Waals surface area contributed by atoms with Crippen LogP contribution in [-0.4, -0.2) is 6.01 Å². The van der Waals surface area contributed by atoms with E-state index in [0.29, 0.717) is 23.7 Å². The Kier molecular flexibility index (Phi) is 8.21. The molecule has 2 N–H and O–H groups in total. The first-order chi connectivity index (χ1) is 9.68. The Hall–Kier alpha value is -1.40. The van der Waals surface area contributed by atoms with Crippen molar-refractivity contribution >= 4 is 6.01 Å². The normalized spacial score (nSPS) is 10.9. The molecule has 0 aliphatic rings. The molecule has 21 heavy (non-hydrogen) atoms. The third-order valence-electron chi connectivity index (χ3n) is 3.75. The molecule has 0 unspecified atom stereocenters. The molecule has 2 nitrogen and oxygen atoms in total. The third kappa shape index (κ3) is 5.13. The summed E-state index contributed by atoms with van der Waals surface area (Å²) < 4.78 is 0. The molecule has 0 bridgehead atoms. The summed E-state index contributed by atoms with van der Waals surface area (Å²) in [6.07, 6.45) is 0. The van der Waals surface area contributed by atoms with Crippen LogP contribution in [0.1, 0.15) is 101 Å². The zero-order valence-corrected chi connectivity index (χ0v) is 15.0. The second-order valence-corrected chi connectivity index (χ2v) is 6.82. The second-order valence-electron chi connectivity index (χ2n) is 6.82. The summed E-state index contributed by atoms with van der Waals surface area (Å²) in [5.74, 6) is 2.44. The highest BCUT2D eigenvalue weighted by Gasteiger charge is 2.20. The van der Waals surface area contributed by atoms with Gasteiger partial charge in [0, 0.05) is 0 Å². The molecule has 0 aliphatic heterocycles. The maximum absolute atomic E-state index is 5.62. The zero-order valence-electron chi connectivity index (χ0n) is 15.0. The van der Waals surface area contributed by atoms with Crippen LogP contribution in [0.3, 0.4) is 0 Å². The fourth-order valence-electron chi connectivity index (χ4n) is 2.97. The van der Waals surface area contributed by atoms with Crippen molar-refractivity contribution in [1.82, 2.24) is 0 Å². The van der Waals surface area contributed by atoms with E-state index in [1.54, 1.807) is 11.1 Å². The lowest BCUT2D eigenvalue weighted by atomic mass is 9.78. The molecule has 1 rings (SSSR count). The van der Waals surface area contributed by atoms with Crippen LogP contribution in [-0.2, 0) is 0 Å². The third-order valence-corrected chi connectivity index (χ3v) is 3.75. The molecule has 0 spiro atoms. The highest BCUT2D eigenvalue weighted by Crippen LogP contribution is 2.37. The maximum Gasteiger partial charge on any atom is 0.0831 e. The number of hydrogen-bond acceptors (Lipinski definition) is 2. The molecule has 0 amide bonds. The Labute approximate surface area is 131 Å². The topological polar surface area (TPSA) is 47.7 Å². The van der Waals surface area contributed by atoms with Crippen LogP contribution in [0.25, 0.3) is 0 Å². The number of rotatable bonds is 4. The van der Waals surface area contributed by atoms with E-state index < -0.39 is 0 Å². The van der Waals surface area contributed by atoms with Gasteiger partial charge < -0.3 is 0 Å². The quantitative estimate of drug-likeness (QED) is 0.594. The van der Waals surface area contributed by atoms with Crippen molar-refractivity contribution in [3.8, 4) is 0 Å². The summed E-state index contributed by atoms with van der Waals surface area (Å²) in [5, 5.41) is 11.2. The molecule has 118 valence electrons. The highest BCUT2D eigenvalue weighted by molar-refractivity contribution is 5.47. The maximum atomic E-state index is 5.62. The minimum absolute atomic E-state index is 0.610. The predicted molar refractivity (Wildman–Crippen MR) is 93.2 cm³/mol. The van der Waals surface area contributed by atoms with Gasteiger partial charge >= 0.3 is 0 Å². The van der Waals surface area contributed by atoms with Crippen molar-refractivity contribution in [2.24, 2.45) is 0 Å². The van der Waals surface area contributed by atoms with Crippen LogP contribution in [0.15, 0.2) is 12.1 Å². The van der Waals surface area contributed by atoms with Crippen molar-refractivity contribution in [3.63, 3.8) is 0 Å². The molecule has 0 atom stereocenters. The van der Waals surface area contributed by atoms with Gasteiger partial charge in [0.15, 0.2) is 0 Å². The Morgan fingerprint density at radius 1 is 0.619 bits per heavy atom. The first kappa shape index (κ1) is 19.6. The van der Waals surface area contributed by atoms with Gasteiger partial charge in [0.2, 0.25) is 0 Å². The summed E-state index contributed by atoms with van der Waals surface area (Å²) in [5.41, 5.74) is 6.29. The van der Waals surface area contributed by atoms with E-state index in [1.165, 1.54) is 17.1 Å². The van der Waals surface area contributed by atoms with Gasteiger partial charge in [0.25, 0.3) is 0 Å². The van der Waals surface area contributed by atoms with Gasteiger partial charge in [-0.2, -0.15) is 0 Å².